The summed E-state index contributed by atoms with van der Waals surface area (Å²) >= 11 is 1.03. The number of anilines is 1. The van der Waals surface area contributed by atoms with Crippen LogP contribution >= 0.6 is 11.3 Å². The molecule has 6 nitrogen and oxygen atoms in total. The molecule has 0 aliphatic heterocycles. The van der Waals surface area contributed by atoms with E-state index >= 15 is 0 Å². The van der Waals surface area contributed by atoms with Crippen molar-refractivity contribution in [3.8, 4) is 0 Å². The van der Waals surface area contributed by atoms with Gasteiger partial charge in [-0.05, 0) is 30.3 Å². The fourth-order valence-electron chi connectivity index (χ4n) is 2.21. The Balaban J connectivity index is 1.93. The Labute approximate surface area is 156 Å². The molecule has 0 saturated heterocycles. The van der Waals surface area contributed by atoms with Crippen LogP contribution in [0.5, 0.6) is 0 Å². The molecule has 0 saturated carbocycles. The summed E-state index contributed by atoms with van der Waals surface area (Å²) in [7, 11) is -0.367. The van der Waals surface area contributed by atoms with Crippen molar-refractivity contribution in [3.05, 3.63) is 57.9 Å². The number of carboxylic acid groups (broad SMARTS) is 1. The fourth-order valence-corrected chi connectivity index (χ4v) is 4.32. The largest absolute Gasteiger partial charge is 0.477 e. The van der Waals surface area contributed by atoms with Crippen molar-refractivity contribution in [1.29, 1.82) is 0 Å². The van der Waals surface area contributed by atoms with Gasteiger partial charge in [0.2, 0.25) is 0 Å². The van der Waals surface area contributed by atoms with Crippen molar-refractivity contribution in [2.24, 2.45) is 0 Å². The number of nitrogens with zero attached hydrogens (tertiary/aromatic N) is 1. The van der Waals surface area contributed by atoms with E-state index in [-0.39, 0.29) is 10.5 Å². The molecule has 2 aromatic heterocycles. The van der Waals surface area contributed by atoms with Crippen LogP contribution in [0.2, 0.25) is 0 Å². The Morgan fingerprint density at radius 1 is 1.22 bits per heavy atom. The minimum atomic E-state index is -4.49. The zero-order chi connectivity index (χ0) is 19.9. The van der Waals surface area contributed by atoms with Crippen molar-refractivity contribution < 1.29 is 31.7 Å². The molecular weight excluding hydrogens is 407 g/mol. The summed E-state index contributed by atoms with van der Waals surface area (Å²) in [6.07, 6.45) is -4.49. The van der Waals surface area contributed by atoms with E-state index in [9.17, 15) is 27.0 Å². The lowest BCUT2D eigenvalue weighted by Crippen LogP contribution is -2.19. The van der Waals surface area contributed by atoms with Crippen molar-refractivity contribution in [2.75, 3.05) is 11.4 Å². The molecule has 142 valence electrons. The number of fused-ring (bicyclic) bond motifs is 1. The average Bonchev–Trinajstić information content (AvgIpc) is 3.01. The average molecular weight is 417 g/mol. The maximum Gasteiger partial charge on any atom is 0.416 e. The minimum Gasteiger partial charge on any atom is -0.477 e. The number of carbonyl (C=O) groups is 1. The first-order valence-electron chi connectivity index (χ1n) is 7.22. The van der Waals surface area contributed by atoms with Gasteiger partial charge in [-0.2, -0.15) is 13.2 Å². The van der Waals surface area contributed by atoms with Gasteiger partial charge >= 0.3 is 17.8 Å². The van der Waals surface area contributed by atoms with E-state index in [4.69, 9.17) is 9.52 Å². The van der Waals surface area contributed by atoms with Gasteiger partial charge in [-0.25, -0.2) is 13.8 Å². The smallest absolute Gasteiger partial charge is 0.416 e. The van der Waals surface area contributed by atoms with Crippen molar-refractivity contribution in [1.82, 2.24) is 0 Å². The maximum absolute atomic E-state index is 12.6. The van der Waals surface area contributed by atoms with E-state index in [0.29, 0.717) is 9.70 Å². The van der Waals surface area contributed by atoms with Gasteiger partial charge in [0, 0.05) is 13.1 Å². The lowest BCUT2D eigenvalue weighted by molar-refractivity contribution is -0.137. The molecule has 0 spiro atoms. The van der Waals surface area contributed by atoms with E-state index in [1.54, 1.807) is 0 Å². The SMILES string of the molecule is CN(c1cc2oc(=O)c(C(=O)O)cc2s1)S(=O)c1ccc(C(F)(F)F)cc1. The van der Waals surface area contributed by atoms with Crippen LogP contribution in [0.3, 0.4) is 0 Å². The van der Waals surface area contributed by atoms with Crippen LogP contribution in [-0.4, -0.2) is 22.3 Å². The number of carboxylic acids is 1. The van der Waals surface area contributed by atoms with Crippen LogP contribution in [-0.2, 0) is 17.2 Å². The predicted octanol–water partition coefficient (Wildman–Crippen LogP) is 3.73. The number of hydrogen-bond donors (Lipinski definition) is 1. The monoisotopic (exact) mass is 417 g/mol. The number of thiophene rings is 1. The van der Waals surface area contributed by atoms with Crippen LogP contribution in [0.4, 0.5) is 18.2 Å². The van der Waals surface area contributed by atoms with Crippen LogP contribution in [0, 0.1) is 0 Å². The first-order chi connectivity index (χ1) is 12.6. The van der Waals surface area contributed by atoms with Gasteiger partial charge in [0.05, 0.1) is 15.2 Å². The molecule has 0 aliphatic rings. The third-order valence-electron chi connectivity index (χ3n) is 3.58. The molecule has 2 heterocycles. The van der Waals surface area contributed by atoms with Crippen LogP contribution < -0.4 is 9.93 Å². The molecule has 0 aliphatic carbocycles. The maximum atomic E-state index is 12.6. The molecule has 27 heavy (non-hydrogen) atoms. The van der Waals surface area contributed by atoms with Crippen molar-refractivity contribution in [3.63, 3.8) is 0 Å². The van der Waals surface area contributed by atoms with Gasteiger partial charge in [0.15, 0.2) is 16.6 Å². The summed E-state index contributed by atoms with van der Waals surface area (Å²) in [6, 6.07) is 6.48. The summed E-state index contributed by atoms with van der Waals surface area (Å²) in [5.41, 5.74) is -2.26. The highest BCUT2D eigenvalue weighted by Gasteiger charge is 2.30. The Bertz CT molecular complexity index is 1100. The molecule has 1 unspecified atom stereocenters. The first-order valence-corrected chi connectivity index (χ1v) is 9.14. The highest BCUT2D eigenvalue weighted by molar-refractivity contribution is 7.86. The third-order valence-corrected chi connectivity index (χ3v) is 6.21. The zero-order valence-corrected chi connectivity index (χ0v) is 15.1. The summed E-state index contributed by atoms with van der Waals surface area (Å²) in [5, 5.41) is 9.35. The number of alkyl halides is 3. The predicted molar refractivity (Wildman–Crippen MR) is 93.6 cm³/mol. The van der Waals surface area contributed by atoms with Gasteiger partial charge < -0.3 is 9.52 Å². The van der Waals surface area contributed by atoms with Gasteiger partial charge in [-0.1, -0.05) is 0 Å². The summed E-state index contributed by atoms with van der Waals surface area (Å²) in [6.45, 7) is 0. The quantitative estimate of drug-likeness (QED) is 0.699. The van der Waals surface area contributed by atoms with Gasteiger partial charge in [0.25, 0.3) is 0 Å². The molecular formula is C16H10F3NO5S2. The van der Waals surface area contributed by atoms with E-state index in [1.165, 1.54) is 17.4 Å². The first kappa shape index (κ1) is 19.1. The fraction of sp³-hybridized carbons (Fsp3) is 0.125. The van der Waals surface area contributed by atoms with Gasteiger partial charge in [0.1, 0.15) is 10.6 Å². The molecule has 0 bridgehead atoms. The van der Waals surface area contributed by atoms with Crippen LogP contribution in [0.15, 0.2) is 50.5 Å². The molecule has 1 atom stereocenters. The molecule has 1 N–H and O–H groups in total. The van der Waals surface area contributed by atoms with Gasteiger partial charge in [-0.15, -0.1) is 11.3 Å². The Hall–Kier alpha value is -2.66. The molecule has 1 aromatic carbocycles. The Morgan fingerprint density at radius 2 is 1.85 bits per heavy atom. The third kappa shape index (κ3) is 3.74. The molecule has 11 heteroatoms. The minimum absolute atomic E-state index is 0.126. The number of aromatic carboxylic acids is 1. The number of benzene rings is 1. The van der Waals surface area contributed by atoms with Crippen LogP contribution in [0.25, 0.3) is 10.3 Å². The van der Waals surface area contributed by atoms with E-state index < -0.39 is 39.9 Å². The second kappa shape index (κ2) is 6.82. The molecule has 3 aromatic rings. The van der Waals surface area contributed by atoms with Crippen molar-refractivity contribution in [2.45, 2.75) is 11.1 Å². The molecule has 0 fully saturated rings. The number of rotatable bonds is 4. The standard InChI is InChI=1S/C16H10F3NO5S2/c1-20(27(24)9-4-2-8(3-5-9)16(17,18)19)13-7-11-12(26-13)6-10(14(21)22)15(23)25-11/h2-7H,1H3,(H,21,22). The molecule has 0 radical (unpaired) electrons. The normalized spacial score (nSPS) is 12.9. The topological polar surface area (TPSA) is 87.8 Å². The highest BCUT2D eigenvalue weighted by Crippen LogP contribution is 2.34. The lowest BCUT2D eigenvalue weighted by Gasteiger charge is -2.16. The van der Waals surface area contributed by atoms with E-state index in [1.807, 2.05) is 0 Å². The number of hydrogen-bond acceptors (Lipinski definition) is 5. The van der Waals surface area contributed by atoms with Gasteiger partial charge in [-0.3, -0.25) is 4.31 Å². The zero-order valence-electron chi connectivity index (χ0n) is 13.4. The Kier molecular flexibility index (Phi) is 4.82. The Morgan fingerprint density at radius 3 is 2.41 bits per heavy atom. The second-order valence-corrected chi connectivity index (χ2v) is 7.91. The number of halogens is 3. The second-order valence-electron chi connectivity index (χ2n) is 5.33. The van der Waals surface area contributed by atoms with E-state index in [2.05, 4.69) is 0 Å². The van der Waals surface area contributed by atoms with Crippen molar-refractivity contribution >= 4 is 43.6 Å². The molecule has 0 amide bonds. The van der Waals surface area contributed by atoms with E-state index in [0.717, 1.165) is 41.7 Å². The summed E-state index contributed by atoms with van der Waals surface area (Å²) in [4.78, 5) is 22.8. The summed E-state index contributed by atoms with van der Waals surface area (Å²) in [5.74, 6) is -1.43. The molecule has 3 rings (SSSR count). The highest BCUT2D eigenvalue weighted by atomic mass is 32.2. The lowest BCUT2D eigenvalue weighted by atomic mass is 10.2. The summed E-state index contributed by atoms with van der Waals surface area (Å²) < 4.78 is 57.1. The van der Waals surface area contributed by atoms with Crippen LogP contribution in [0.1, 0.15) is 15.9 Å².